The van der Waals surface area contributed by atoms with Crippen LogP contribution < -0.4 is 0 Å². The minimum Gasteiger partial charge on any atom is -0.392 e. The number of aliphatic hydroxyl groups excluding tert-OH is 1. The summed E-state index contributed by atoms with van der Waals surface area (Å²) in [6, 6.07) is 14.5. The van der Waals surface area contributed by atoms with Crippen LogP contribution in [-0.2, 0) is 25.9 Å². The predicted molar refractivity (Wildman–Crippen MR) is 111 cm³/mol. The van der Waals surface area contributed by atoms with Gasteiger partial charge in [0.2, 0.25) is 0 Å². The van der Waals surface area contributed by atoms with E-state index in [0.29, 0.717) is 12.0 Å². The van der Waals surface area contributed by atoms with Gasteiger partial charge in [-0.05, 0) is 70.8 Å². The summed E-state index contributed by atoms with van der Waals surface area (Å²) >= 11 is 0. The Bertz CT molecular complexity index is 1110. The van der Waals surface area contributed by atoms with Crippen LogP contribution in [0.3, 0.4) is 0 Å². The van der Waals surface area contributed by atoms with E-state index in [1.807, 2.05) is 18.2 Å². The molecular weight excluding hydrogens is 363 g/mol. The van der Waals surface area contributed by atoms with Crippen molar-refractivity contribution in [2.24, 2.45) is 0 Å². The van der Waals surface area contributed by atoms with Crippen LogP contribution in [0.2, 0.25) is 0 Å². The number of fused-ring (bicyclic) bond motifs is 2. The molecule has 0 amide bonds. The summed E-state index contributed by atoms with van der Waals surface area (Å²) < 4.78 is 13.6. The molecule has 4 rings (SSSR count). The first-order valence-corrected chi connectivity index (χ1v) is 9.95. The number of nitrogens with zero attached hydrogens (tertiary/aromatic N) is 2. The fraction of sp³-hybridized carbons (Fsp3) is 0.280. The van der Waals surface area contributed by atoms with Gasteiger partial charge in [-0.15, -0.1) is 0 Å². The number of rotatable bonds is 3. The Balaban J connectivity index is 1.99. The van der Waals surface area contributed by atoms with Crippen LogP contribution in [0.15, 0.2) is 42.5 Å². The first-order valence-electron chi connectivity index (χ1n) is 9.95. The van der Waals surface area contributed by atoms with Crippen molar-refractivity contribution in [3.8, 4) is 17.2 Å². The summed E-state index contributed by atoms with van der Waals surface area (Å²) in [7, 11) is 0. The smallest absolute Gasteiger partial charge is 0.123 e. The van der Waals surface area contributed by atoms with E-state index in [1.165, 1.54) is 17.7 Å². The number of aromatic nitrogens is 1. The lowest BCUT2D eigenvalue weighted by Crippen LogP contribution is -2.11. The normalized spacial score (nSPS) is 12.8. The Morgan fingerprint density at radius 1 is 1.10 bits per heavy atom. The summed E-state index contributed by atoms with van der Waals surface area (Å²) in [4.78, 5) is 4.97. The molecule has 0 aliphatic heterocycles. The van der Waals surface area contributed by atoms with E-state index in [4.69, 9.17) is 4.98 Å². The lowest BCUT2D eigenvalue weighted by atomic mass is 9.87. The summed E-state index contributed by atoms with van der Waals surface area (Å²) in [5.74, 6) is -0.120. The number of pyridine rings is 1. The van der Waals surface area contributed by atoms with Gasteiger partial charge in [0.05, 0.1) is 18.2 Å². The lowest BCUT2D eigenvalue weighted by molar-refractivity contribution is 0.280. The highest BCUT2D eigenvalue weighted by Crippen LogP contribution is 2.38. The molecule has 3 nitrogen and oxygen atoms in total. The maximum absolute atomic E-state index is 13.6. The number of halogens is 1. The summed E-state index contributed by atoms with van der Waals surface area (Å²) in [6.45, 7) is 4.03. The van der Waals surface area contributed by atoms with Crippen LogP contribution in [0.1, 0.15) is 59.0 Å². The summed E-state index contributed by atoms with van der Waals surface area (Å²) in [5.41, 5.74) is 8.63. The van der Waals surface area contributed by atoms with Gasteiger partial charge >= 0.3 is 0 Å². The van der Waals surface area contributed by atoms with E-state index in [2.05, 4.69) is 19.9 Å². The largest absolute Gasteiger partial charge is 0.392 e. The molecule has 0 fully saturated rings. The molecule has 1 aliphatic carbocycles. The average molecular weight is 386 g/mol. The zero-order chi connectivity index (χ0) is 20.5. The van der Waals surface area contributed by atoms with Crippen molar-refractivity contribution < 1.29 is 9.50 Å². The third-order valence-corrected chi connectivity index (χ3v) is 5.69. The van der Waals surface area contributed by atoms with Crippen LogP contribution in [-0.4, -0.2) is 10.1 Å². The Morgan fingerprint density at radius 2 is 1.86 bits per heavy atom. The zero-order valence-electron chi connectivity index (χ0n) is 16.7. The standard InChI is InChI=1S/C25H23FN2O/c1-15(2)25-22(14-29)24(18-5-8-20(26)9-6-18)21-12-19-11-16(13-27)3-4-17(19)7-10-23(21)28-25/h3-6,8-9,11,15,29H,7,10,12,14H2,1-2H3. The zero-order valence-corrected chi connectivity index (χ0v) is 16.7. The number of benzene rings is 2. The second-order valence-electron chi connectivity index (χ2n) is 7.87. The molecule has 4 heteroatoms. The van der Waals surface area contributed by atoms with Crippen LogP contribution in [0.5, 0.6) is 0 Å². The van der Waals surface area contributed by atoms with Crippen LogP contribution in [0.25, 0.3) is 11.1 Å². The highest BCUT2D eigenvalue weighted by Gasteiger charge is 2.24. The van der Waals surface area contributed by atoms with Gasteiger partial charge in [0.25, 0.3) is 0 Å². The minimum atomic E-state index is -0.285. The van der Waals surface area contributed by atoms with Gasteiger partial charge in [-0.25, -0.2) is 4.39 Å². The minimum absolute atomic E-state index is 0.119. The number of aryl methyl sites for hydroxylation is 2. The Morgan fingerprint density at radius 3 is 2.52 bits per heavy atom. The summed E-state index contributed by atoms with van der Waals surface area (Å²) in [6.07, 6.45) is 2.30. The van der Waals surface area contributed by atoms with Crippen LogP contribution in [0, 0.1) is 17.1 Å². The highest BCUT2D eigenvalue weighted by atomic mass is 19.1. The Labute approximate surface area is 170 Å². The van der Waals surface area contributed by atoms with Crippen molar-refractivity contribution >= 4 is 0 Å². The second kappa shape index (κ2) is 7.77. The second-order valence-corrected chi connectivity index (χ2v) is 7.87. The molecule has 1 aliphatic rings. The number of hydrogen-bond donors (Lipinski definition) is 1. The Kier molecular flexibility index (Phi) is 5.17. The van der Waals surface area contributed by atoms with E-state index >= 15 is 0 Å². The van der Waals surface area contributed by atoms with Gasteiger partial charge in [-0.3, -0.25) is 4.98 Å². The number of aliphatic hydroxyl groups is 1. The first-order chi connectivity index (χ1) is 14.0. The number of hydrogen-bond acceptors (Lipinski definition) is 3. The fourth-order valence-electron chi connectivity index (χ4n) is 4.28. The van der Waals surface area contributed by atoms with Crippen molar-refractivity contribution in [1.29, 1.82) is 5.26 Å². The average Bonchev–Trinajstić information content (AvgIpc) is 2.91. The van der Waals surface area contributed by atoms with E-state index in [1.54, 1.807) is 12.1 Å². The molecule has 0 spiro atoms. The molecule has 0 saturated carbocycles. The SMILES string of the molecule is CC(C)c1nc2c(c(-c3ccc(F)cc3)c1CO)Cc1cc(C#N)ccc1CC2. The predicted octanol–water partition coefficient (Wildman–Crippen LogP) is 5.06. The molecule has 0 radical (unpaired) electrons. The Hall–Kier alpha value is -3.03. The van der Waals surface area contributed by atoms with Crippen molar-refractivity contribution in [2.45, 2.75) is 45.6 Å². The molecule has 0 bridgehead atoms. The van der Waals surface area contributed by atoms with E-state index in [9.17, 15) is 14.8 Å². The summed E-state index contributed by atoms with van der Waals surface area (Å²) in [5, 5.41) is 19.6. The van der Waals surface area contributed by atoms with Gasteiger partial charge in [-0.2, -0.15) is 5.26 Å². The quantitative estimate of drug-likeness (QED) is 0.684. The van der Waals surface area contributed by atoms with Crippen molar-refractivity contribution in [1.82, 2.24) is 4.98 Å². The molecule has 0 atom stereocenters. The molecule has 1 N–H and O–H groups in total. The molecule has 146 valence electrons. The molecule has 1 aromatic heterocycles. The molecule has 0 unspecified atom stereocenters. The third-order valence-electron chi connectivity index (χ3n) is 5.69. The van der Waals surface area contributed by atoms with Gasteiger partial charge in [0, 0.05) is 23.4 Å². The van der Waals surface area contributed by atoms with E-state index in [0.717, 1.165) is 52.0 Å². The monoisotopic (exact) mass is 386 g/mol. The fourth-order valence-corrected chi connectivity index (χ4v) is 4.28. The lowest BCUT2D eigenvalue weighted by Gasteiger charge is -2.22. The third kappa shape index (κ3) is 3.54. The first kappa shape index (κ1) is 19.3. The number of nitriles is 1. The van der Waals surface area contributed by atoms with Gasteiger partial charge in [0.1, 0.15) is 5.82 Å². The van der Waals surface area contributed by atoms with Gasteiger partial charge in [0.15, 0.2) is 0 Å². The molecule has 1 heterocycles. The maximum Gasteiger partial charge on any atom is 0.123 e. The molecule has 3 aromatic rings. The van der Waals surface area contributed by atoms with E-state index < -0.39 is 0 Å². The van der Waals surface area contributed by atoms with Crippen LogP contribution >= 0.6 is 0 Å². The van der Waals surface area contributed by atoms with Gasteiger partial charge < -0.3 is 5.11 Å². The highest BCUT2D eigenvalue weighted by molar-refractivity contribution is 5.74. The molecule has 0 saturated heterocycles. The van der Waals surface area contributed by atoms with Crippen molar-refractivity contribution in [3.05, 3.63) is 87.5 Å². The molecule has 2 aromatic carbocycles. The van der Waals surface area contributed by atoms with Gasteiger partial charge in [-0.1, -0.05) is 32.0 Å². The maximum atomic E-state index is 13.6. The van der Waals surface area contributed by atoms with Crippen LogP contribution in [0.4, 0.5) is 4.39 Å². The van der Waals surface area contributed by atoms with Crippen molar-refractivity contribution in [3.63, 3.8) is 0 Å². The van der Waals surface area contributed by atoms with E-state index in [-0.39, 0.29) is 18.3 Å². The molecule has 29 heavy (non-hydrogen) atoms. The van der Waals surface area contributed by atoms with Crippen molar-refractivity contribution in [2.75, 3.05) is 0 Å². The molecular formula is C25H23FN2O. The topological polar surface area (TPSA) is 56.9 Å².